The second-order valence-corrected chi connectivity index (χ2v) is 8.38. The summed E-state index contributed by atoms with van der Waals surface area (Å²) in [6.07, 6.45) is 2.51. The Morgan fingerprint density at radius 3 is 2.66 bits per heavy atom. The second-order valence-electron chi connectivity index (χ2n) is 8.38. The summed E-state index contributed by atoms with van der Waals surface area (Å²) in [5, 5.41) is 3.14. The Labute approximate surface area is 188 Å². The van der Waals surface area contributed by atoms with Crippen LogP contribution in [0.5, 0.6) is 5.75 Å². The maximum absolute atomic E-state index is 13.4. The first-order chi connectivity index (χ1) is 15.7. The molecule has 0 spiro atoms. The molecule has 0 radical (unpaired) electrons. The molecule has 3 aromatic rings. The molecule has 5 rings (SSSR count). The van der Waals surface area contributed by atoms with Gasteiger partial charge in [0.15, 0.2) is 0 Å². The zero-order valence-electron chi connectivity index (χ0n) is 18.3. The number of anilines is 2. The van der Waals surface area contributed by atoms with Crippen LogP contribution in [0, 0.1) is 5.92 Å². The highest BCUT2D eigenvalue weighted by Crippen LogP contribution is 2.37. The molecular formula is C26H28N4O2. The molecule has 6 heteroatoms. The highest BCUT2D eigenvalue weighted by atomic mass is 16.5. The summed E-state index contributed by atoms with van der Waals surface area (Å²) in [5.74, 6) is 0.831. The molecule has 2 atom stereocenters. The van der Waals surface area contributed by atoms with Crippen LogP contribution >= 0.6 is 0 Å². The van der Waals surface area contributed by atoms with Crippen LogP contribution in [0.4, 0.5) is 11.4 Å². The summed E-state index contributed by atoms with van der Waals surface area (Å²) in [6.45, 7) is 3.06. The Balaban J connectivity index is 1.38. The molecule has 3 heterocycles. The zero-order chi connectivity index (χ0) is 21.9. The highest BCUT2D eigenvalue weighted by Gasteiger charge is 2.41. The van der Waals surface area contributed by atoms with Gasteiger partial charge >= 0.3 is 0 Å². The highest BCUT2D eigenvalue weighted by molar-refractivity contribution is 5.82. The van der Waals surface area contributed by atoms with E-state index in [0.717, 1.165) is 43.2 Å². The molecule has 164 valence electrons. The summed E-state index contributed by atoms with van der Waals surface area (Å²) in [6, 6.07) is 22.6. The lowest BCUT2D eigenvalue weighted by molar-refractivity contribution is -0.126. The molecule has 1 amide bonds. The number of fused-ring (bicyclic) bond motifs is 3. The van der Waals surface area contributed by atoms with Crippen molar-refractivity contribution >= 4 is 17.3 Å². The quantitative estimate of drug-likeness (QED) is 0.676. The predicted octanol–water partition coefficient (Wildman–Crippen LogP) is 3.27. The van der Waals surface area contributed by atoms with Crippen molar-refractivity contribution in [1.82, 2.24) is 10.3 Å². The van der Waals surface area contributed by atoms with Crippen LogP contribution in [0.1, 0.15) is 11.3 Å². The molecule has 1 fully saturated rings. The minimum Gasteiger partial charge on any atom is -0.497 e. The van der Waals surface area contributed by atoms with E-state index in [4.69, 9.17) is 4.74 Å². The Morgan fingerprint density at radius 1 is 1.06 bits per heavy atom. The summed E-state index contributed by atoms with van der Waals surface area (Å²) in [5.41, 5.74) is 4.55. The maximum atomic E-state index is 13.4. The van der Waals surface area contributed by atoms with E-state index in [9.17, 15) is 4.79 Å². The fourth-order valence-corrected chi connectivity index (χ4v) is 4.90. The monoisotopic (exact) mass is 428 g/mol. The lowest BCUT2D eigenvalue weighted by Crippen LogP contribution is -2.61. The molecule has 1 N–H and O–H groups in total. The molecule has 1 aromatic heterocycles. The number of aromatic nitrogens is 1. The molecule has 2 unspecified atom stereocenters. The number of pyridine rings is 1. The number of amides is 1. The van der Waals surface area contributed by atoms with E-state index in [0.29, 0.717) is 6.54 Å². The van der Waals surface area contributed by atoms with Crippen molar-refractivity contribution in [3.05, 3.63) is 84.2 Å². The van der Waals surface area contributed by atoms with Crippen LogP contribution in [0.2, 0.25) is 0 Å². The van der Waals surface area contributed by atoms with Gasteiger partial charge in [0.1, 0.15) is 5.75 Å². The normalized spacial score (nSPS) is 19.7. The van der Waals surface area contributed by atoms with Gasteiger partial charge in [0.2, 0.25) is 5.91 Å². The minimum absolute atomic E-state index is 0.0942. The first-order valence-electron chi connectivity index (χ1n) is 11.1. The van der Waals surface area contributed by atoms with Crippen LogP contribution < -0.4 is 19.9 Å². The number of nitrogens with one attached hydrogen (secondary N) is 1. The van der Waals surface area contributed by atoms with E-state index in [1.807, 2.05) is 30.3 Å². The summed E-state index contributed by atoms with van der Waals surface area (Å²) >= 11 is 0. The first kappa shape index (κ1) is 20.4. The van der Waals surface area contributed by atoms with Crippen molar-refractivity contribution in [3.63, 3.8) is 0 Å². The molecule has 1 saturated heterocycles. The van der Waals surface area contributed by atoms with Gasteiger partial charge in [0.05, 0.1) is 31.3 Å². The number of ether oxygens (including phenoxy) is 1. The fraction of sp³-hybridized carbons (Fsp3) is 0.308. The number of methoxy groups -OCH3 is 1. The van der Waals surface area contributed by atoms with Gasteiger partial charge in [-0.25, -0.2) is 0 Å². The molecular weight excluding hydrogens is 400 g/mol. The van der Waals surface area contributed by atoms with Crippen LogP contribution in [0.3, 0.4) is 0 Å². The number of carbonyl (C=O) groups is 1. The molecule has 6 nitrogen and oxygen atoms in total. The van der Waals surface area contributed by atoms with E-state index in [2.05, 4.69) is 56.5 Å². The molecule has 0 saturated carbocycles. The van der Waals surface area contributed by atoms with Crippen molar-refractivity contribution in [1.29, 1.82) is 0 Å². The van der Waals surface area contributed by atoms with E-state index in [1.54, 1.807) is 13.3 Å². The predicted molar refractivity (Wildman–Crippen MR) is 126 cm³/mol. The third kappa shape index (κ3) is 4.00. The lowest BCUT2D eigenvalue weighted by Gasteiger charge is -2.49. The molecule has 0 aliphatic carbocycles. The molecule has 2 aromatic carbocycles. The Kier molecular flexibility index (Phi) is 5.67. The Morgan fingerprint density at radius 2 is 1.88 bits per heavy atom. The number of piperazine rings is 1. The maximum Gasteiger partial charge on any atom is 0.225 e. The second kappa shape index (κ2) is 8.91. The number of para-hydroxylation sites is 1. The van der Waals surface area contributed by atoms with Gasteiger partial charge in [-0.15, -0.1) is 0 Å². The van der Waals surface area contributed by atoms with Gasteiger partial charge in [-0.2, -0.15) is 0 Å². The average Bonchev–Trinajstić information content (AvgIpc) is 2.87. The topological polar surface area (TPSA) is 57.7 Å². The fourth-order valence-electron chi connectivity index (χ4n) is 4.90. The molecule has 0 bridgehead atoms. The van der Waals surface area contributed by atoms with E-state index >= 15 is 0 Å². The summed E-state index contributed by atoms with van der Waals surface area (Å²) in [4.78, 5) is 22.5. The minimum atomic E-state index is -0.116. The van der Waals surface area contributed by atoms with E-state index in [-0.39, 0.29) is 17.9 Å². The zero-order valence-corrected chi connectivity index (χ0v) is 18.3. The number of benzene rings is 2. The SMILES string of the molecule is COc1ccc(N2CCN3c4ccccc4CC(C(=O)NCc4ccccn4)C3C2)cc1. The van der Waals surface area contributed by atoms with Gasteiger partial charge in [-0.05, 0) is 54.4 Å². The third-order valence-corrected chi connectivity index (χ3v) is 6.57. The van der Waals surface area contributed by atoms with Crippen LogP contribution in [0.25, 0.3) is 0 Å². The number of hydrogen-bond donors (Lipinski definition) is 1. The summed E-state index contributed by atoms with van der Waals surface area (Å²) < 4.78 is 5.31. The van der Waals surface area contributed by atoms with Gasteiger partial charge in [0.25, 0.3) is 0 Å². The van der Waals surface area contributed by atoms with Gasteiger partial charge < -0.3 is 19.9 Å². The van der Waals surface area contributed by atoms with Crippen molar-refractivity contribution in [3.8, 4) is 5.75 Å². The van der Waals surface area contributed by atoms with Gasteiger partial charge in [0, 0.05) is 37.2 Å². The Bertz CT molecular complexity index is 1070. The number of nitrogens with zero attached hydrogens (tertiary/aromatic N) is 3. The largest absolute Gasteiger partial charge is 0.497 e. The van der Waals surface area contributed by atoms with Crippen LogP contribution in [-0.2, 0) is 17.8 Å². The smallest absolute Gasteiger partial charge is 0.225 e. The van der Waals surface area contributed by atoms with Crippen molar-refractivity contribution in [2.24, 2.45) is 5.92 Å². The van der Waals surface area contributed by atoms with Gasteiger partial charge in [-0.3, -0.25) is 9.78 Å². The van der Waals surface area contributed by atoms with E-state index < -0.39 is 0 Å². The van der Waals surface area contributed by atoms with Crippen molar-refractivity contribution < 1.29 is 9.53 Å². The number of carbonyl (C=O) groups excluding carboxylic acids is 1. The Hall–Kier alpha value is -3.54. The first-order valence-corrected chi connectivity index (χ1v) is 11.1. The average molecular weight is 429 g/mol. The van der Waals surface area contributed by atoms with Crippen LogP contribution in [-0.4, -0.2) is 43.7 Å². The van der Waals surface area contributed by atoms with Gasteiger partial charge in [-0.1, -0.05) is 24.3 Å². The molecule has 2 aliphatic rings. The number of hydrogen-bond acceptors (Lipinski definition) is 5. The van der Waals surface area contributed by atoms with Crippen molar-refractivity contribution in [2.75, 3.05) is 36.5 Å². The number of rotatable bonds is 5. The summed E-state index contributed by atoms with van der Waals surface area (Å²) in [7, 11) is 1.68. The van der Waals surface area contributed by atoms with E-state index in [1.165, 1.54) is 11.3 Å². The van der Waals surface area contributed by atoms with Crippen molar-refractivity contribution in [2.45, 2.75) is 19.0 Å². The lowest BCUT2D eigenvalue weighted by atomic mass is 9.83. The van der Waals surface area contributed by atoms with Crippen LogP contribution in [0.15, 0.2) is 72.9 Å². The molecule has 32 heavy (non-hydrogen) atoms. The standard InChI is InChI=1S/C26H28N4O2/c1-32-22-11-9-21(10-12-22)29-14-15-30-24-8-3-2-6-19(24)16-23(25(30)18-29)26(31)28-17-20-7-4-5-13-27-20/h2-13,23,25H,14-18H2,1H3,(H,28,31). The molecule has 2 aliphatic heterocycles. The third-order valence-electron chi connectivity index (χ3n) is 6.57.